The number of nitrogens with one attached hydrogen (secondary N) is 1. The van der Waals surface area contributed by atoms with E-state index in [1.165, 1.54) is 12.1 Å². The first kappa shape index (κ1) is 15.0. The lowest BCUT2D eigenvalue weighted by Gasteiger charge is -2.02. The fourth-order valence-electron chi connectivity index (χ4n) is 0.784. The molecule has 13 heavy (non-hydrogen) atoms. The van der Waals surface area contributed by atoms with E-state index in [0.717, 1.165) is 5.69 Å². The van der Waals surface area contributed by atoms with Crippen LogP contribution in [-0.2, 0) is 0 Å². The van der Waals surface area contributed by atoms with E-state index in [4.69, 9.17) is 5.73 Å². The van der Waals surface area contributed by atoms with Crippen LogP contribution >= 0.6 is 24.8 Å². The van der Waals surface area contributed by atoms with Crippen LogP contribution in [0.25, 0.3) is 0 Å². The molecular formula is C8H13Cl2FN2. The highest BCUT2D eigenvalue weighted by Gasteiger charge is 1.89. The van der Waals surface area contributed by atoms with Gasteiger partial charge in [0.25, 0.3) is 0 Å². The zero-order valence-corrected chi connectivity index (χ0v) is 8.63. The second-order valence-electron chi connectivity index (χ2n) is 2.22. The molecule has 0 spiro atoms. The van der Waals surface area contributed by atoms with Gasteiger partial charge < -0.3 is 11.1 Å². The van der Waals surface area contributed by atoms with E-state index in [2.05, 4.69) is 5.32 Å². The Balaban J connectivity index is 0. The van der Waals surface area contributed by atoms with Crippen LogP contribution in [0.15, 0.2) is 24.3 Å². The van der Waals surface area contributed by atoms with Crippen molar-refractivity contribution in [3.05, 3.63) is 30.1 Å². The minimum absolute atomic E-state index is 0. The molecule has 0 atom stereocenters. The van der Waals surface area contributed by atoms with E-state index in [-0.39, 0.29) is 30.6 Å². The van der Waals surface area contributed by atoms with Crippen molar-refractivity contribution in [2.45, 2.75) is 0 Å². The monoisotopic (exact) mass is 226 g/mol. The van der Waals surface area contributed by atoms with Gasteiger partial charge in [0.2, 0.25) is 0 Å². The third-order valence-corrected chi connectivity index (χ3v) is 1.32. The van der Waals surface area contributed by atoms with Crippen LogP contribution in [0, 0.1) is 5.82 Å². The average Bonchev–Trinajstić information content (AvgIpc) is 2.04. The van der Waals surface area contributed by atoms with Crippen LogP contribution in [0.1, 0.15) is 0 Å². The minimum atomic E-state index is -0.219. The van der Waals surface area contributed by atoms with Crippen molar-refractivity contribution in [2.75, 3.05) is 18.4 Å². The van der Waals surface area contributed by atoms with Gasteiger partial charge in [-0.15, -0.1) is 24.8 Å². The molecule has 1 aromatic carbocycles. The van der Waals surface area contributed by atoms with Gasteiger partial charge >= 0.3 is 0 Å². The summed E-state index contributed by atoms with van der Waals surface area (Å²) in [6.07, 6.45) is 0. The van der Waals surface area contributed by atoms with Gasteiger partial charge in [-0.1, -0.05) is 0 Å². The van der Waals surface area contributed by atoms with Gasteiger partial charge in [-0.25, -0.2) is 4.39 Å². The number of hydrogen-bond donors (Lipinski definition) is 2. The molecule has 0 fully saturated rings. The van der Waals surface area contributed by atoms with Crippen molar-refractivity contribution in [1.29, 1.82) is 0 Å². The largest absolute Gasteiger partial charge is 0.384 e. The molecule has 0 aliphatic rings. The summed E-state index contributed by atoms with van der Waals surface area (Å²) in [7, 11) is 0. The predicted octanol–water partition coefficient (Wildman–Crippen LogP) is 2.04. The Morgan fingerprint density at radius 1 is 1.15 bits per heavy atom. The highest BCUT2D eigenvalue weighted by molar-refractivity contribution is 5.85. The third kappa shape index (κ3) is 5.69. The van der Waals surface area contributed by atoms with Gasteiger partial charge in [0.05, 0.1) is 0 Å². The van der Waals surface area contributed by atoms with Crippen molar-refractivity contribution in [3.63, 3.8) is 0 Å². The molecule has 3 N–H and O–H groups in total. The molecule has 0 aliphatic heterocycles. The van der Waals surface area contributed by atoms with Crippen LogP contribution in [-0.4, -0.2) is 13.1 Å². The van der Waals surface area contributed by atoms with Crippen LogP contribution in [0.2, 0.25) is 0 Å². The molecule has 0 heterocycles. The fraction of sp³-hybridized carbons (Fsp3) is 0.250. The average molecular weight is 227 g/mol. The summed E-state index contributed by atoms with van der Waals surface area (Å²) in [4.78, 5) is 0. The zero-order valence-electron chi connectivity index (χ0n) is 7.00. The molecule has 5 heteroatoms. The summed E-state index contributed by atoms with van der Waals surface area (Å²) in [5.41, 5.74) is 6.17. The molecule has 0 unspecified atom stereocenters. The molecule has 0 aromatic heterocycles. The van der Waals surface area contributed by atoms with Crippen LogP contribution in [0.4, 0.5) is 10.1 Å². The molecular weight excluding hydrogens is 214 g/mol. The number of hydrogen-bond acceptors (Lipinski definition) is 2. The summed E-state index contributed by atoms with van der Waals surface area (Å²) < 4.78 is 12.4. The standard InChI is InChI=1S/C8H11FN2.2ClH/c9-7-1-3-8(4-2-7)11-6-5-10;;/h1-4,11H,5-6,10H2;2*1H. The van der Waals surface area contributed by atoms with Gasteiger partial charge in [0.15, 0.2) is 0 Å². The quantitative estimate of drug-likeness (QED) is 0.829. The SMILES string of the molecule is Cl.Cl.NCCNc1ccc(F)cc1. The molecule has 0 saturated heterocycles. The van der Waals surface area contributed by atoms with Crippen molar-refractivity contribution >= 4 is 30.5 Å². The number of halogens is 3. The van der Waals surface area contributed by atoms with Gasteiger partial charge in [0.1, 0.15) is 5.82 Å². The summed E-state index contributed by atoms with van der Waals surface area (Å²) in [5, 5.41) is 3.03. The Bertz CT molecular complexity index is 216. The van der Waals surface area contributed by atoms with Crippen LogP contribution < -0.4 is 11.1 Å². The van der Waals surface area contributed by atoms with Crippen molar-refractivity contribution < 1.29 is 4.39 Å². The molecule has 0 amide bonds. The van der Waals surface area contributed by atoms with E-state index in [9.17, 15) is 4.39 Å². The maximum absolute atomic E-state index is 12.4. The first-order chi connectivity index (χ1) is 5.33. The third-order valence-electron chi connectivity index (χ3n) is 1.32. The van der Waals surface area contributed by atoms with Crippen molar-refractivity contribution in [1.82, 2.24) is 0 Å². The minimum Gasteiger partial charge on any atom is -0.384 e. The lowest BCUT2D eigenvalue weighted by atomic mass is 10.3. The summed E-state index contributed by atoms with van der Waals surface area (Å²) in [5.74, 6) is -0.219. The molecule has 2 nitrogen and oxygen atoms in total. The number of anilines is 1. The van der Waals surface area contributed by atoms with E-state index < -0.39 is 0 Å². The van der Waals surface area contributed by atoms with Crippen LogP contribution in [0.3, 0.4) is 0 Å². The molecule has 0 bridgehead atoms. The smallest absolute Gasteiger partial charge is 0.123 e. The van der Waals surface area contributed by atoms with E-state index in [1.54, 1.807) is 12.1 Å². The summed E-state index contributed by atoms with van der Waals surface area (Å²) >= 11 is 0. The Hall–Kier alpha value is -0.510. The predicted molar refractivity (Wildman–Crippen MR) is 58.4 cm³/mol. The lowest BCUT2D eigenvalue weighted by Crippen LogP contribution is -2.12. The number of nitrogens with two attached hydrogens (primary N) is 1. The normalized spacial score (nSPS) is 8.15. The fourth-order valence-corrected chi connectivity index (χ4v) is 0.784. The van der Waals surface area contributed by atoms with Crippen molar-refractivity contribution in [3.8, 4) is 0 Å². The highest BCUT2D eigenvalue weighted by Crippen LogP contribution is 2.06. The van der Waals surface area contributed by atoms with Gasteiger partial charge in [-0.05, 0) is 24.3 Å². The highest BCUT2D eigenvalue weighted by atomic mass is 35.5. The second-order valence-corrected chi connectivity index (χ2v) is 2.22. The number of benzene rings is 1. The second kappa shape index (κ2) is 8.10. The first-order valence-electron chi connectivity index (χ1n) is 3.52. The summed E-state index contributed by atoms with van der Waals surface area (Å²) in [6.45, 7) is 1.29. The Labute approximate surface area is 89.5 Å². The van der Waals surface area contributed by atoms with Gasteiger partial charge in [-0.2, -0.15) is 0 Å². The van der Waals surface area contributed by atoms with Gasteiger partial charge in [0, 0.05) is 18.8 Å². The topological polar surface area (TPSA) is 38.0 Å². The van der Waals surface area contributed by atoms with E-state index in [0.29, 0.717) is 13.1 Å². The molecule has 1 rings (SSSR count). The maximum Gasteiger partial charge on any atom is 0.123 e. The molecule has 0 radical (unpaired) electrons. The maximum atomic E-state index is 12.4. The van der Waals surface area contributed by atoms with Crippen LogP contribution in [0.5, 0.6) is 0 Å². The molecule has 0 saturated carbocycles. The summed E-state index contributed by atoms with van der Waals surface area (Å²) in [6, 6.07) is 6.20. The first-order valence-corrected chi connectivity index (χ1v) is 3.52. The lowest BCUT2D eigenvalue weighted by molar-refractivity contribution is 0.628. The van der Waals surface area contributed by atoms with Gasteiger partial charge in [-0.3, -0.25) is 0 Å². The van der Waals surface area contributed by atoms with E-state index in [1.807, 2.05) is 0 Å². The van der Waals surface area contributed by atoms with E-state index >= 15 is 0 Å². The zero-order chi connectivity index (χ0) is 8.10. The Kier molecular flexibility index (Phi) is 9.34. The Morgan fingerprint density at radius 3 is 2.15 bits per heavy atom. The Morgan fingerprint density at radius 2 is 1.69 bits per heavy atom. The molecule has 1 aromatic rings. The molecule has 76 valence electrons. The number of rotatable bonds is 3. The molecule has 0 aliphatic carbocycles. The van der Waals surface area contributed by atoms with Crippen molar-refractivity contribution in [2.24, 2.45) is 5.73 Å².